The zero-order chi connectivity index (χ0) is 17.2. The molecule has 3 aromatic rings. The number of amides is 1. The Morgan fingerprint density at radius 1 is 1.08 bits per heavy atom. The summed E-state index contributed by atoms with van der Waals surface area (Å²) in [5, 5.41) is 2.50. The van der Waals surface area contributed by atoms with Crippen LogP contribution < -0.4 is 5.32 Å². The van der Waals surface area contributed by atoms with E-state index in [0.29, 0.717) is 5.56 Å². The van der Waals surface area contributed by atoms with E-state index in [-0.39, 0.29) is 11.4 Å². The van der Waals surface area contributed by atoms with E-state index in [9.17, 15) is 18.0 Å². The highest BCUT2D eigenvalue weighted by Gasteiger charge is 2.31. The summed E-state index contributed by atoms with van der Waals surface area (Å²) in [6.45, 7) is 0. The summed E-state index contributed by atoms with van der Waals surface area (Å²) in [5.41, 5.74) is -0.177. The number of aromatic nitrogens is 2. The average Bonchev–Trinajstić information content (AvgIpc) is 3.09. The molecule has 1 N–H and O–H groups in total. The number of nitrogens with zero attached hydrogens (tertiary/aromatic N) is 2. The molecule has 0 saturated carbocycles. The van der Waals surface area contributed by atoms with E-state index in [4.69, 9.17) is 0 Å². The zero-order valence-electron chi connectivity index (χ0n) is 12.3. The third kappa shape index (κ3) is 3.45. The maximum Gasteiger partial charge on any atom is 0.416 e. The molecule has 2 aromatic carbocycles. The van der Waals surface area contributed by atoms with Gasteiger partial charge >= 0.3 is 6.18 Å². The molecule has 0 atom stereocenters. The molecule has 0 aliphatic carbocycles. The van der Waals surface area contributed by atoms with E-state index in [1.807, 2.05) is 0 Å². The van der Waals surface area contributed by atoms with Gasteiger partial charge < -0.3 is 9.88 Å². The van der Waals surface area contributed by atoms with Crippen LogP contribution in [0.3, 0.4) is 0 Å². The molecule has 3 rings (SSSR count). The Hall–Kier alpha value is -3.09. The molecule has 1 heterocycles. The largest absolute Gasteiger partial charge is 0.416 e. The minimum atomic E-state index is -4.52. The Balaban J connectivity index is 1.98. The molecule has 0 saturated heterocycles. The molecule has 0 aliphatic rings. The van der Waals surface area contributed by atoms with Gasteiger partial charge in [-0.25, -0.2) is 4.98 Å². The highest BCUT2D eigenvalue weighted by Crippen LogP contribution is 2.33. The summed E-state index contributed by atoms with van der Waals surface area (Å²) in [5.74, 6) is -0.480. The van der Waals surface area contributed by atoms with Crippen molar-refractivity contribution < 1.29 is 18.0 Å². The van der Waals surface area contributed by atoms with E-state index in [0.717, 1.165) is 12.1 Å². The second kappa shape index (κ2) is 6.19. The average molecular weight is 331 g/mol. The number of hydrogen-bond donors (Lipinski definition) is 1. The normalized spacial score (nSPS) is 11.3. The van der Waals surface area contributed by atoms with Crippen LogP contribution in [0.15, 0.2) is 67.3 Å². The van der Waals surface area contributed by atoms with Crippen molar-refractivity contribution in [1.29, 1.82) is 0 Å². The number of alkyl halides is 3. The maximum absolute atomic E-state index is 13.1. The van der Waals surface area contributed by atoms with E-state index < -0.39 is 17.6 Å². The van der Waals surface area contributed by atoms with Gasteiger partial charge in [-0.15, -0.1) is 0 Å². The Bertz CT molecular complexity index is 843. The van der Waals surface area contributed by atoms with Crippen LogP contribution in [0.2, 0.25) is 0 Å². The lowest BCUT2D eigenvalue weighted by atomic mass is 10.1. The first-order chi connectivity index (χ1) is 11.4. The number of anilines is 1. The van der Waals surface area contributed by atoms with Crippen molar-refractivity contribution >= 4 is 11.6 Å². The number of benzene rings is 2. The van der Waals surface area contributed by atoms with Gasteiger partial charge in [0.2, 0.25) is 0 Å². The molecule has 4 nitrogen and oxygen atoms in total. The predicted octanol–water partition coefficient (Wildman–Crippen LogP) is 4.14. The molecule has 0 fully saturated rings. The van der Waals surface area contributed by atoms with Gasteiger partial charge in [0.05, 0.1) is 11.9 Å². The number of rotatable bonds is 3. The Morgan fingerprint density at radius 2 is 1.83 bits per heavy atom. The van der Waals surface area contributed by atoms with Gasteiger partial charge in [-0.05, 0) is 30.3 Å². The van der Waals surface area contributed by atoms with Gasteiger partial charge in [-0.3, -0.25) is 4.79 Å². The van der Waals surface area contributed by atoms with Gasteiger partial charge in [-0.1, -0.05) is 18.2 Å². The van der Waals surface area contributed by atoms with Crippen LogP contribution in [0.4, 0.5) is 18.9 Å². The van der Waals surface area contributed by atoms with Crippen molar-refractivity contribution in [3.05, 3.63) is 78.4 Å². The minimum absolute atomic E-state index is 0.0578. The van der Waals surface area contributed by atoms with Crippen LogP contribution in [0, 0.1) is 0 Å². The molecule has 122 valence electrons. The quantitative estimate of drug-likeness (QED) is 0.784. The third-order valence-corrected chi connectivity index (χ3v) is 3.34. The Kier molecular flexibility index (Phi) is 4.07. The predicted molar refractivity (Wildman–Crippen MR) is 83.0 cm³/mol. The lowest BCUT2D eigenvalue weighted by molar-refractivity contribution is -0.137. The Labute approximate surface area is 135 Å². The highest BCUT2D eigenvalue weighted by molar-refractivity contribution is 6.04. The first kappa shape index (κ1) is 15.8. The van der Waals surface area contributed by atoms with Crippen LogP contribution in [0.25, 0.3) is 5.69 Å². The summed E-state index contributed by atoms with van der Waals surface area (Å²) in [6, 6.07) is 11.6. The summed E-state index contributed by atoms with van der Waals surface area (Å²) in [7, 11) is 0. The number of carbonyl (C=O) groups excluding carboxylic acids is 1. The van der Waals surface area contributed by atoms with Crippen molar-refractivity contribution in [1.82, 2.24) is 9.55 Å². The highest BCUT2D eigenvalue weighted by atomic mass is 19.4. The summed E-state index contributed by atoms with van der Waals surface area (Å²) < 4.78 is 40.8. The molecule has 0 radical (unpaired) electrons. The van der Waals surface area contributed by atoms with Gasteiger partial charge in [0.15, 0.2) is 0 Å². The minimum Gasteiger partial charge on any atom is -0.322 e. The van der Waals surface area contributed by atoms with Crippen molar-refractivity contribution in [3.8, 4) is 5.69 Å². The van der Waals surface area contributed by atoms with E-state index in [1.54, 1.807) is 30.3 Å². The van der Waals surface area contributed by atoms with Crippen LogP contribution in [0.5, 0.6) is 0 Å². The standard InChI is InChI=1S/C17H12F3N3O/c18-17(19,20)13-8-14(10-15(9-13)23-7-6-21-11-23)22-16(24)12-4-2-1-3-5-12/h1-11H,(H,22,24). The molecular weight excluding hydrogens is 319 g/mol. The van der Waals surface area contributed by atoms with Crippen LogP contribution in [0.1, 0.15) is 15.9 Å². The first-order valence-electron chi connectivity index (χ1n) is 7.00. The van der Waals surface area contributed by atoms with Crippen molar-refractivity contribution in [2.75, 3.05) is 5.32 Å². The molecule has 1 aromatic heterocycles. The first-order valence-corrected chi connectivity index (χ1v) is 7.00. The SMILES string of the molecule is O=C(Nc1cc(-n2ccnc2)cc(C(F)(F)F)c1)c1ccccc1. The third-order valence-electron chi connectivity index (χ3n) is 3.34. The molecule has 0 unspecified atom stereocenters. The molecular formula is C17H12F3N3O. The lowest BCUT2D eigenvalue weighted by Gasteiger charge is -2.13. The van der Waals surface area contributed by atoms with Crippen molar-refractivity contribution in [2.24, 2.45) is 0 Å². The molecule has 0 bridgehead atoms. The monoisotopic (exact) mass is 331 g/mol. The molecule has 7 heteroatoms. The second-order valence-electron chi connectivity index (χ2n) is 5.06. The van der Waals surface area contributed by atoms with Gasteiger partial charge in [0.25, 0.3) is 5.91 Å². The fraction of sp³-hybridized carbons (Fsp3) is 0.0588. The fourth-order valence-corrected chi connectivity index (χ4v) is 2.20. The number of imidazole rings is 1. The second-order valence-corrected chi connectivity index (χ2v) is 5.06. The topological polar surface area (TPSA) is 46.9 Å². The molecule has 0 spiro atoms. The summed E-state index contributed by atoms with van der Waals surface area (Å²) in [6.07, 6.45) is -0.151. The van der Waals surface area contributed by atoms with Gasteiger partial charge in [0, 0.05) is 29.3 Å². The molecule has 24 heavy (non-hydrogen) atoms. The number of carbonyl (C=O) groups is 1. The fourth-order valence-electron chi connectivity index (χ4n) is 2.20. The summed E-state index contributed by atoms with van der Waals surface area (Å²) in [4.78, 5) is 16.0. The van der Waals surface area contributed by atoms with Crippen molar-refractivity contribution in [3.63, 3.8) is 0 Å². The zero-order valence-corrected chi connectivity index (χ0v) is 12.3. The number of nitrogens with one attached hydrogen (secondary N) is 1. The molecule has 0 aliphatic heterocycles. The van der Waals surface area contributed by atoms with Gasteiger partial charge in [0.1, 0.15) is 0 Å². The Morgan fingerprint density at radius 3 is 2.46 bits per heavy atom. The maximum atomic E-state index is 13.1. The number of halogens is 3. The van der Waals surface area contributed by atoms with E-state index in [1.165, 1.54) is 29.4 Å². The van der Waals surface area contributed by atoms with Crippen LogP contribution >= 0.6 is 0 Å². The van der Waals surface area contributed by atoms with Crippen LogP contribution in [-0.4, -0.2) is 15.5 Å². The lowest BCUT2D eigenvalue weighted by Crippen LogP contribution is -2.14. The smallest absolute Gasteiger partial charge is 0.322 e. The molecule has 1 amide bonds. The van der Waals surface area contributed by atoms with Gasteiger partial charge in [-0.2, -0.15) is 13.2 Å². The van der Waals surface area contributed by atoms with E-state index in [2.05, 4.69) is 10.3 Å². The van der Waals surface area contributed by atoms with Crippen LogP contribution in [-0.2, 0) is 6.18 Å². The summed E-state index contributed by atoms with van der Waals surface area (Å²) >= 11 is 0. The van der Waals surface area contributed by atoms with E-state index >= 15 is 0 Å². The van der Waals surface area contributed by atoms with Crippen molar-refractivity contribution in [2.45, 2.75) is 6.18 Å². The number of hydrogen-bond acceptors (Lipinski definition) is 2.